The highest BCUT2D eigenvalue weighted by atomic mass is 16.5. The largest absolute Gasteiger partial charge is 0.467 e. The Morgan fingerprint density at radius 3 is 2.42 bits per heavy atom. The Kier molecular flexibility index (Phi) is 8.01. The van der Waals surface area contributed by atoms with E-state index in [9.17, 15) is 14.4 Å². The lowest BCUT2D eigenvalue weighted by Crippen LogP contribution is -2.53. The molecule has 7 heteroatoms. The maximum Gasteiger partial charge on any atom is 0.328 e. The van der Waals surface area contributed by atoms with Crippen molar-refractivity contribution in [1.82, 2.24) is 15.5 Å². The first kappa shape index (κ1) is 20.3. The molecule has 2 N–H and O–H groups in total. The lowest BCUT2D eigenvalue weighted by molar-refractivity contribution is -0.144. The molecule has 1 aliphatic rings. The smallest absolute Gasteiger partial charge is 0.328 e. The molecule has 3 amide bonds. The van der Waals surface area contributed by atoms with Crippen molar-refractivity contribution in [2.75, 3.05) is 26.7 Å². The Hall–Kier alpha value is -1.79. The number of urea groups is 1. The summed E-state index contributed by atoms with van der Waals surface area (Å²) < 4.78 is 4.75. The molecule has 138 valence electrons. The summed E-state index contributed by atoms with van der Waals surface area (Å²) in [5.41, 5.74) is 0. The van der Waals surface area contributed by atoms with Crippen molar-refractivity contribution in [3.8, 4) is 0 Å². The van der Waals surface area contributed by atoms with Crippen LogP contribution >= 0.6 is 0 Å². The topological polar surface area (TPSA) is 87.7 Å². The van der Waals surface area contributed by atoms with Gasteiger partial charge in [-0.25, -0.2) is 9.59 Å². The zero-order chi connectivity index (χ0) is 18.3. The van der Waals surface area contributed by atoms with Gasteiger partial charge in [-0.2, -0.15) is 0 Å². The van der Waals surface area contributed by atoms with Crippen molar-refractivity contribution in [2.24, 2.45) is 17.8 Å². The number of carbonyl (C=O) groups excluding carboxylic acids is 3. The monoisotopic (exact) mass is 341 g/mol. The molecule has 24 heavy (non-hydrogen) atoms. The predicted octanol–water partition coefficient (Wildman–Crippen LogP) is 1.38. The fourth-order valence-corrected chi connectivity index (χ4v) is 2.71. The molecule has 1 saturated heterocycles. The summed E-state index contributed by atoms with van der Waals surface area (Å²) in [5.74, 6) is -0.256. The van der Waals surface area contributed by atoms with E-state index < -0.39 is 12.0 Å². The van der Waals surface area contributed by atoms with E-state index in [-0.39, 0.29) is 29.7 Å². The second-order valence-electron chi connectivity index (χ2n) is 7.05. The van der Waals surface area contributed by atoms with Crippen LogP contribution in [0, 0.1) is 17.8 Å². The van der Waals surface area contributed by atoms with Crippen LogP contribution < -0.4 is 10.6 Å². The summed E-state index contributed by atoms with van der Waals surface area (Å²) in [6, 6.07) is -0.900. The van der Waals surface area contributed by atoms with Crippen LogP contribution in [0.15, 0.2) is 0 Å². The van der Waals surface area contributed by atoms with E-state index >= 15 is 0 Å². The fourth-order valence-electron chi connectivity index (χ4n) is 2.71. The Bertz CT molecular complexity index is 451. The highest BCUT2D eigenvalue weighted by molar-refractivity contribution is 5.83. The second kappa shape index (κ2) is 9.49. The van der Waals surface area contributed by atoms with Crippen LogP contribution in [0.1, 0.15) is 40.5 Å². The minimum Gasteiger partial charge on any atom is -0.467 e. The van der Waals surface area contributed by atoms with Gasteiger partial charge in [0, 0.05) is 25.6 Å². The van der Waals surface area contributed by atoms with Crippen LogP contribution in [-0.4, -0.2) is 55.6 Å². The van der Waals surface area contributed by atoms with Crippen LogP contribution in [-0.2, 0) is 14.3 Å². The third-order valence-corrected chi connectivity index (χ3v) is 4.30. The molecule has 2 atom stereocenters. The number of piperidine rings is 1. The molecule has 1 rings (SSSR count). The van der Waals surface area contributed by atoms with Crippen LogP contribution in [0.25, 0.3) is 0 Å². The van der Waals surface area contributed by atoms with Crippen molar-refractivity contribution in [3.05, 3.63) is 0 Å². The molecule has 0 bridgehead atoms. The molecule has 0 aromatic rings. The average molecular weight is 341 g/mol. The number of amides is 3. The van der Waals surface area contributed by atoms with Crippen LogP contribution in [0.2, 0.25) is 0 Å². The molecular formula is C17H31N3O4. The lowest BCUT2D eigenvalue weighted by atomic mass is 9.98. The Labute approximate surface area is 144 Å². The van der Waals surface area contributed by atoms with Crippen molar-refractivity contribution >= 4 is 17.9 Å². The summed E-state index contributed by atoms with van der Waals surface area (Å²) in [7, 11) is 1.32. The van der Waals surface area contributed by atoms with Crippen molar-refractivity contribution in [2.45, 2.75) is 46.6 Å². The minimum atomic E-state index is -0.650. The number of nitrogens with zero attached hydrogens (tertiary/aromatic N) is 1. The number of esters is 1. The van der Waals surface area contributed by atoms with Crippen LogP contribution in [0.5, 0.6) is 0 Å². The average Bonchev–Trinajstić information content (AvgIpc) is 2.56. The summed E-state index contributed by atoms with van der Waals surface area (Å²) in [4.78, 5) is 37.6. The molecule has 7 nitrogen and oxygen atoms in total. The third kappa shape index (κ3) is 6.02. The Morgan fingerprint density at radius 1 is 1.21 bits per heavy atom. The van der Waals surface area contributed by atoms with Gasteiger partial charge in [0.15, 0.2) is 0 Å². The van der Waals surface area contributed by atoms with Gasteiger partial charge in [-0.1, -0.05) is 27.7 Å². The highest BCUT2D eigenvalue weighted by Crippen LogP contribution is 2.16. The van der Waals surface area contributed by atoms with E-state index in [4.69, 9.17) is 4.74 Å². The zero-order valence-electron chi connectivity index (χ0n) is 15.4. The molecular weight excluding hydrogens is 310 g/mol. The number of hydrogen-bond acceptors (Lipinski definition) is 4. The first-order chi connectivity index (χ1) is 11.3. The Balaban J connectivity index is 2.55. The first-order valence-electron chi connectivity index (χ1n) is 8.67. The van der Waals surface area contributed by atoms with E-state index in [1.165, 1.54) is 7.11 Å². The van der Waals surface area contributed by atoms with Crippen LogP contribution in [0.3, 0.4) is 0 Å². The SMILES string of the molecule is COC(=O)[C@H](NC(=O)N1CCC[C@H](CNC(=O)C(C)C)C1)C(C)C. The van der Waals surface area contributed by atoms with Gasteiger partial charge in [-0.3, -0.25) is 4.79 Å². The van der Waals surface area contributed by atoms with Crippen molar-refractivity contribution < 1.29 is 19.1 Å². The minimum absolute atomic E-state index is 0.0298. The maximum atomic E-state index is 12.4. The summed E-state index contributed by atoms with van der Waals surface area (Å²) in [6.07, 6.45) is 1.87. The number of nitrogens with one attached hydrogen (secondary N) is 2. The van der Waals surface area contributed by atoms with Crippen molar-refractivity contribution in [1.29, 1.82) is 0 Å². The van der Waals surface area contributed by atoms with Gasteiger partial charge in [0.05, 0.1) is 7.11 Å². The number of rotatable bonds is 6. The fraction of sp³-hybridized carbons (Fsp3) is 0.824. The Morgan fingerprint density at radius 2 is 1.88 bits per heavy atom. The molecule has 0 spiro atoms. The quantitative estimate of drug-likeness (QED) is 0.715. The molecule has 0 aromatic carbocycles. The van der Waals surface area contributed by atoms with Gasteiger partial charge >= 0.3 is 12.0 Å². The van der Waals surface area contributed by atoms with E-state index in [2.05, 4.69) is 10.6 Å². The van der Waals surface area contributed by atoms with Gasteiger partial charge in [-0.05, 0) is 24.7 Å². The summed E-state index contributed by atoms with van der Waals surface area (Å²) in [6.45, 7) is 9.25. The van der Waals surface area contributed by atoms with Gasteiger partial charge < -0.3 is 20.3 Å². The van der Waals surface area contributed by atoms with E-state index in [1.54, 1.807) is 4.90 Å². The standard InChI is InChI=1S/C17H31N3O4/c1-11(2)14(16(22)24-5)19-17(23)20-8-6-7-13(10-20)9-18-15(21)12(3)4/h11-14H,6-10H2,1-5H3,(H,18,21)(H,19,23)/t13-,14-/m1/s1. The zero-order valence-corrected chi connectivity index (χ0v) is 15.4. The molecule has 0 radical (unpaired) electrons. The van der Waals surface area contributed by atoms with Gasteiger partial charge in [0.1, 0.15) is 6.04 Å². The summed E-state index contributed by atoms with van der Waals surface area (Å²) >= 11 is 0. The normalized spacial score (nSPS) is 19.1. The second-order valence-corrected chi connectivity index (χ2v) is 7.05. The number of methoxy groups -OCH3 is 1. The number of carbonyl (C=O) groups is 3. The molecule has 0 aromatic heterocycles. The number of hydrogen-bond donors (Lipinski definition) is 2. The first-order valence-corrected chi connectivity index (χ1v) is 8.67. The van der Waals surface area contributed by atoms with Gasteiger partial charge in [-0.15, -0.1) is 0 Å². The molecule has 1 aliphatic heterocycles. The van der Waals surface area contributed by atoms with Crippen LogP contribution in [0.4, 0.5) is 4.79 Å². The van der Waals surface area contributed by atoms with Gasteiger partial charge in [0.2, 0.25) is 5.91 Å². The predicted molar refractivity (Wildman–Crippen MR) is 91.3 cm³/mol. The van der Waals surface area contributed by atoms with E-state index in [0.29, 0.717) is 19.6 Å². The highest BCUT2D eigenvalue weighted by Gasteiger charge is 2.29. The maximum absolute atomic E-state index is 12.4. The molecule has 0 unspecified atom stereocenters. The summed E-state index contributed by atoms with van der Waals surface area (Å²) in [5, 5.41) is 5.69. The van der Waals surface area contributed by atoms with Gasteiger partial charge in [0.25, 0.3) is 0 Å². The molecule has 1 fully saturated rings. The molecule has 0 saturated carbocycles. The number of likely N-dealkylation sites (tertiary alicyclic amines) is 1. The van der Waals surface area contributed by atoms with E-state index in [0.717, 1.165) is 12.8 Å². The number of ether oxygens (including phenoxy) is 1. The third-order valence-electron chi connectivity index (χ3n) is 4.30. The van der Waals surface area contributed by atoms with E-state index in [1.807, 2.05) is 27.7 Å². The lowest BCUT2D eigenvalue weighted by Gasteiger charge is -2.34. The molecule has 1 heterocycles. The molecule has 0 aliphatic carbocycles. The van der Waals surface area contributed by atoms with Crippen molar-refractivity contribution in [3.63, 3.8) is 0 Å².